The summed E-state index contributed by atoms with van der Waals surface area (Å²) in [5.74, 6) is 0.870. The van der Waals surface area contributed by atoms with Crippen molar-refractivity contribution in [2.75, 3.05) is 24.5 Å². The maximum Gasteiger partial charge on any atom is 0.224 e. The van der Waals surface area contributed by atoms with Crippen LogP contribution in [0.15, 0.2) is 30.3 Å². The lowest BCUT2D eigenvalue weighted by Gasteiger charge is -2.33. The molecule has 1 fully saturated rings. The second-order valence-corrected chi connectivity index (χ2v) is 7.02. The number of amides is 1. The van der Waals surface area contributed by atoms with Crippen LogP contribution in [-0.2, 0) is 11.2 Å². The van der Waals surface area contributed by atoms with Gasteiger partial charge in [0.1, 0.15) is 6.54 Å². The van der Waals surface area contributed by atoms with Gasteiger partial charge in [0, 0.05) is 25.4 Å². The van der Waals surface area contributed by atoms with Crippen LogP contribution in [0.25, 0.3) is 0 Å². The molecule has 140 valence electrons. The van der Waals surface area contributed by atoms with Crippen LogP contribution in [-0.4, -0.2) is 35.7 Å². The number of nitrogens with one attached hydrogen (secondary N) is 1. The summed E-state index contributed by atoms with van der Waals surface area (Å²) in [6, 6.07) is 12.2. The molecule has 0 saturated carbocycles. The van der Waals surface area contributed by atoms with Crippen molar-refractivity contribution in [2.45, 2.75) is 33.1 Å². The number of benzene rings is 1. The topological polar surface area (TPSA) is 81.9 Å². The number of aromatic nitrogens is 2. The average molecular weight is 363 g/mol. The maximum absolute atomic E-state index is 12.0. The van der Waals surface area contributed by atoms with Crippen molar-refractivity contribution >= 4 is 11.7 Å². The van der Waals surface area contributed by atoms with Gasteiger partial charge in [0.2, 0.25) is 5.91 Å². The normalized spacial score (nSPS) is 14.6. The van der Waals surface area contributed by atoms with Crippen molar-refractivity contribution in [3.05, 3.63) is 52.7 Å². The van der Waals surface area contributed by atoms with E-state index in [0.717, 1.165) is 49.4 Å². The Hall–Kier alpha value is -2.94. The first-order valence-corrected chi connectivity index (χ1v) is 9.36. The van der Waals surface area contributed by atoms with E-state index in [2.05, 4.69) is 46.4 Å². The lowest BCUT2D eigenvalue weighted by Crippen LogP contribution is -2.41. The molecule has 0 bridgehead atoms. The van der Waals surface area contributed by atoms with Crippen LogP contribution in [0.3, 0.4) is 0 Å². The van der Waals surface area contributed by atoms with Gasteiger partial charge >= 0.3 is 0 Å². The number of carbonyl (C=O) groups excluding carboxylic acids is 1. The van der Waals surface area contributed by atoms with E-state index in [9.17, 15) is 4.79 Å². The van der Waals surface area contributed by atoms with Crippen LogP contribution in [0.5, 0.6) is 0 Å². The van der Waals surface area contributed by atoms with E-state index in [0.29, 0.717) is 0 Å². The molecule has 6 heteroatoms. The zero-order chi connectivity index (χ0) is 19.2. The van der Waals surface area contributed by atoms with E-state index in [1.807, 2.05) is 24.3 Å². The Balaban J connectivity index is 1.67. The molecular weight excluding hydrogens is 338 g/mol. The molecule has 1 aliphatic heterocycles. The third-order valence-corrected chi connectivity index (χ3v) is 5.32. The first kappa shape index (κ1) is 18.8. The van der Waals surface area contributed by atoms with Crippen LogP contribution in [0, 0.1) is 31.1 Å². The Labute approximate surface area is 160 Å². The van der Waals surface area contributed by atoms with Crippen molar-refractivity contribution < 1.29 is 4.79 Å². The van der Waals surface area contributed by atoms with E-state index in [1.165, 1.54) is 11.1 Å². The van der Waals surface area contributed by atoms with Crippen molar-refractivity contribution in [2.24, 2.45) is 5.92 Å². The SMILES string of the molecule is Cc1c(Cc2ccccc2)nnc(N2CCC(C(=O)NCC#N)CC2)c1C. The van der Waals surface area contributed by atoms with Crippen LogP contribution in [0.2, 0.25) is 0 Å². The number of anilines is 1. The summed E-state index contributed by atoms with van der Waals surface area (Å²) in [5.41, 5.74) is 4.57. The molecule has 3 rings (SSSR count). The fourth-order valence-electron chi connectivity index (χ4n) is 3.52. The molecule has 0 unspecified atom stereocenters. The molecular formula is C21H25N5O. The second kappa shape index (κ2) is 8.63. The minimum absolute atomic E-state index is 0.0200. The maximum atomic E-state index is 12.0. The Morgan fingerprint density at radius 1 is 1.19 bits per heavy atom. The Morgan fingerprint density at radius 2 is 1.89 bits per heavy atom. The Morgan fingerprint density at radius 3 is 2.56 bits per heavy atom. The molecule has 1 aromatic carbocycles. The number of hydrogen-bond acceptors (Lipinski definition) is 5. The molecule has 6 nitrogen and oxygen atoms in total. The number of rotatable bonds is 5. The second-order valence-electron chi connectivity index (χ2n) is 7.02. The fraction of sp³-hybridized carbons (Fsp3) is 0.429. The van der Waals surface area contributed by atoms with Gasteiger partial charge in [0.25, 0.3) is 0 Å². The third-order valence-electron chi connectivity index (χ3n) is 5.32. The van der Waals surface area contributed by atoms with E-state index >= 15 is 0 Å². The highest BCUT2D eigenvalue weighted by molar-refractivity contribution is 5.79. The van der Waals surface area contributed by atoms with E-state index in [1.54, 1.807) is 0 Å². The highest BCUT2D eigenvalue weighted by atomic mass is 16.1. The molecule has 2 aromatic rings. The molecule has 0 atom stereocenters. The zero-order valence-electron chi connectivity index (χ0n) is 15.9. The van der Waals surface area contributed by atoms with Crippen molar-refractivity contribution in [3.63, 3.8) is 0 Å². The molecule has 0 aliphatic carbocycles. The smallest absolute Gasteiger partial charge is 0.224 e. The summed E-state index contributed by atoms with van der Waals surface area (Å²) < 4.78 is 0. The Kier molecular flexibility index (Phi) is 6.02. The van der Waals surface area contributed by atoms with Crippen LogP contribution in [0.1, 0.15) is 35.2 Å². The highest BCUT2D eigenvalue weighted by Crippen LogP contribution is 2.27. The largest absolute Gasteiger partial charge is 0.355 e. The first-order chi connectivity index (χ1) is 13.1. The minimum atomic E-state index is -0.0266. The lowest BCUT2D eigenvalue weighted by molar-refractivity contribution is -0.125. The number of nitrogens with zero attached hydrogens (tertiary/aromatic N) is 4. The van der Waals surface area contributed by atoms with E-state index in [4.69, 9.17) is 5.26 Å². The van der Waals surface area contributed by atoms with Crippen molar-refractivity contribution in [1.29, 1.82) is 5.26 Å². The summed E-state index contributed by atoms with van der Waals surface area (Å²) in [5, 5.41) is 20.3. The van der Waals surface area contributed by atoms with Gasteiger partial charge in [-0.3, -0.25) is 4.79 Å². The Bertz CT molecular complexity index is 836. The van der Waals surface area contributed by atoms with Gasteiger partial charge in [0.15, 0.2) is 5.82 Å². The van der Waals surface area contributed by atoms with E-state index < -0.39 is 0 Å². The van der Waals surface area contributed by atoms with E-state index in [-0.39, 0.29) is 18.4 Å². The van der Waals surface area contributed by atoms with Crippen LogP contribution < -0.4 is 10.2 Å². The minimum Gasteiger partial charge on any atom is -0.355 e. The summed E-state index contributed by atoms with van der Waals surface area (Å²) >= 11 is 0. The van der Waals surface area contributed by atoms with Crippen LogP contribution in [0.4, 0.5) is 5.82 Å². The van der Waals surface area contributed by atoms with Gasteiger partial charge in [-0.25, -0.2) is 0 Å². The molecule has 0 spiro atoms. The third kappa shape index (κ3) is 4.43. The number of nitriles is 1. The highest BCUT2D eigenvalue weighted by Gasteiger charge is 2.26. The standard InChI is InChI=1S/C21H25N5O/c1-15-16(2)20(25-24-19(15)14-17-6-4-3-5-7-17)26-12-8-18(9-13-26)21(27)23-11-10-22/h3-7,18H,8-9,11-14H2,1-2H3,(H,23,27). The average Bonchev–Trinajstić information content (AvgIpc) is 2.71. The van der Waals surface area contributed by atoms with Crippen molar-refractivity contribution in [3.8, 4) is 6.07 Å². The zero-order valence-corrected chi connectivity index (χ0v) is 15.9. The van der Waals surface area contributed by atoms with Gasteiger partial charge in [-0.2, -0.15) is 10.4 Å². The summed E-state index contributed by atoms with van der Waals surface area (Å²) in [7, 11) is 0. The summed E-state index contributed by atoms with van der Waals surface area (Å²) in [4.78, 5) is 14.2. The molecule has 1 aromatic heterocycles. The number of carbonyl (C=O) groups is 1. The predicted octanol–water partition coefficient (Wildman–Crippen LogP) is 2.54. The number of hydrogen-bond donors (Lipinski definition) is 1. The first-order valence-electron chi connectivity index (χ1n) is 9.36. The van der Waals surface area contributed by atoms with Crippen molar-refractivity contribution in [1.82, 2.24) is 15.5 Å². The van der Waals surface area contributed by atoms with Crippen LogP contribution >= 0.6 is 0 Å². The molecule has 1 N–H and O–H groups in total. The van der Waals surface area contributed by atoms with Gasteiger partial charge in [-0.1, -0.05) is 30.3 Å². The monoisotopic (exact) mass is 363 g/mol. The van der Waals surface area contributed by atoms with Gasteiger partial charge in [-0.05, 0) is 43.4 Å². The van der Waals surface area contributed by atoms with Gasteiger partial charge in [-0.15, -0.1) is 5.10 Å². The summed E-state index contributed by atoms with van der Waals surface area (Å²) in [6.45, 7) is 5.83. The summed E-state index contributed by atoms with van der Waals surface area (Å²) in [6.07, 6.45) is 2.31. The fourth-order valence-corrected chi connectivity index (χ4v) is 3.52. The predicted molar refractivity (Wildman–Crippen MR) is 104 cm³/mol. The molecule has 1 amide bonds. The molecule has 27 heavy (non-hydrogen) atoms. The molecule has 1 aliphatic rings. The lowest BCUT2D eigenvalue weighted by atomic mass is 9.95. The van der Waals surface area contributed by atoms with Gasteiger partial charge < -0.3 is 10.2 Å². The molecule has 1 saturated heterocycles. The molecule has 2 heterocycles. The quantitative estimate of drug-likeness (QED) is 0.826. The molecule has 0 radical (unpaired) electrons. The van der Waals surface area contributed by atoms with Gasteiger partial charge in [0.05, 0.1) is 11.8 Å². The number of piperidine rings is 1.